The van der Waals surface area contributed by atoms with Crippen LogP contribution >= 0.6 is 0 Å². The molecule has 0 aromatic heterocycles. The van der Waals surface area contributed by atoms with Gasteiger partial charge in [0, 0.05) is 0 Å². The molecule has 80 valence electrons. The summed E-state index contributed by atoms with van der Waals surface area (Å²) in [6, 6.07) is 1.23. The number of nitrogens with zero attached hydrogens (tertiary/aromatic N) is 1. The molecule has 0 rings (SSSR count). The van der Waals surface area contributed by atoms with Crippen molar-refractivity contribution < 1.29 is 4.74 Å². The van der Waals surface area contributed by atoms with Crippen molar-refractivity contribution in [1.29, 1.82) is 0 Å². The first-order chi connectivity index (χ1) is 6.59. The van der Waals surface area contributed by atoms with Gasteiger partial charge in [-0.1, -0.05) is 0 Å². The Balaban J connectivity index is 3.52. The Hall–Kier alpha value is 0.517. The quantitative estimate of drug-likeness (QED) is 0.432. The van der Waals surface area contributed by atoms with Gasteiger partial charge in [0.2, 0.25) is 0 Å². The molecule has 0 atom stereocenters. The van der Waals surface area contributed by atoms with E-state index in [9.17, 15) is 0 Å². The molecular weight excluding hydrogens is 169 g/mol. The van der Waals surface area contributed by atoms with Gasteiger partial charge < -0.3 is 0 Å². The molecule has 0 N–H and O–H groups in total. The fourth-order valence-corrected chi connectivity index (χ4v) is 1.63. The molecule has 0 spiro atoms. The van der Waals surface area contributed by atoms with E-state index in [0.29, 0.717) is 12.1 Å². The Kier molecular flexibility index (Phi) is 9.12. The molecule has 0 aromatic rings. The van der Waals surface area contributed by atoms with Crippen molar-refractivity contribution in [3.05, 3.63) is 0 Å². The molecule has 14 heavy (non-hydrogen) atoms. The number of rotatable bonds is 8. The Labute approximate surface area is 98.6 Å². The van der Waals surface area contributed by atoms with Crippen molar-refractivity contribution >= 4 is 17.7 Å². The van der Waals surface area contributed by atoms with Gasteiger partial charge in [-0.3, -0.25) is 0 Å². The van der Waals surface area contributed by atoms with Crippen LogP contribution in [0.4, 0.5) is 0 Å². The van der Waals surface area contributed by atoms with Crippen LogP contribution in [-0.4, -0.2) is 54.5 Å². The molecule has 0 bridgehead atoms. The SMILES string of the molecule is [Li][CH2]CCOCCN(C(C)C)C(C)C. The third kappa shape index (κ3) is 6.90. The summed E-state index contributed by atoms with van der Waals surface area (Å²) in [5.74, 6) is 0. The fraction of sp³-hybridized carbons (Fsp3) is 1.00. The van der Waals surface area contributed by atoms with Crippen molar-refractivity contribution in [1.82, 2.24) is 4.90 Å². The molecule has 0 fully saturated rings. The van der Waals surface area contributed by atoms with E-state index in [-0.39, 0.29) is 0 Å². The van der Waals surface area contributed by atoms with Crippen LogP contribution in [0.1, 0.15) is 34.1 Å². The predicted molar refractivity (Wildman–Crippen MR) is 63.0 cm³/mol. The maximum atomic E-state index is 5.56. The van der Waals surface area contributed by atoms with Gasteiger partial charge >= 0.3 is 98.4 Å². The van der Waals surface area contributed by atoms with E-state index in [1.165, 1.54) is 11.5 Å². The van der Waals surface area contributed by atoms with E-state index in [1.54, 1.807) is 0 Å². The zero-order chi connectivity index (χ0) is 11.0. The first kappa shape index (κ1) is 14.5. The molecule has 3 heteroatoms. The summed E-state index contributed by atoms with van der Waals surface area (Å²) in [5.41, 5.74) is 0. The zero-order valence-electron chi connectivity index (χ0n) is 10.5. The third-order valence-corrected chi connectivity index (χ3v) is 2.46. The van der Waals surface area contributed by atoms with E-state index in [4.69, 9.17) is 4.74 Å². The molecule has 0 aliphatic heterocycles. The summed E-state index contributed by atoms with van der Waals surface area (Å²) >= 11 is 2.19. The van der Waals surface area contributed by atoms with Crippen LogP contribution < -0.4 is 0 Å². The summed E-state index contributed by atoms with van der Waals surface area (Å²) in [5, 5.41) is 1.22. The van der Waals surface area contributed by atoms with Crippen molar-refractivity contribution in [2.75, 3.05) is 19.8 Å². The molecule has 0 amide bonds. The zero-order valence-corrected chi connectivity index (χ0v) is 10.5. The summed E-state index contributed by atoms with van der Waals surface area (Å²) in [7, 11) is 0. The molecule has 0 saturated heterocycles. The van der Waals surface area contributed by atoms with E-state index in [0.717, 1.165) is 19.8 Å². The molecule has 0 unspecified atom stereocenters. The van der Waals surface area contributed by atoms with Gasteiger partial charge in [-0.15, -0.1) is 0 Å². The van der Waals surface area contributed by atoms with Crippen molar-refractivity contribution in [2.45, 2.75) is 51.3 Å². The predicted octanol–water partition coefficient (Wildman–Crippen LogP) is 2.10. The summed E-state index contributed by atoms with van der Waals surface area (Å²) < 4.78 is 5.56. The number of hydrogen-bond acceptors (Lipinski definition) is 2. The van der Waals surface area contributed by atoms with Gasteiger partial charge in [-0.2, -0.15) is 0 Å². The number of hydrogen-bond donors (Lipinski definition) is 0. The Morgan fingerprint density at radius 2 is 1.64 bits per heavy atom. The van der Waals surface area contributed by atoms with E-state index in [1.807, 2.05) is 0 Å². The van der Waals surface area contributed by atoms with Gasteiger partial charge in [0.05, 0.1) is 0 Å². The monoisotopic (exact) mass is 193 g/mol. The fourth-order valence-electron chi connectivity index (χ4n) is 1.63. The molecule has 2 nitrogen and oxygen atoms in total. The molecule has 0 radical (unpaired) electrons. The van der Waals surface area contributed by atoms with Gasteiger partial charge in [-0.05, 0) is 0 Å². The van der Waals surface area contributed by atoms with Crippen LogP contribution in [0.25, 0.3) is 0 Å². The van der Waals surface area contributed by atoms with Crippen molar-refractivity contribution in [2.24, 2.45) is 0 Å². The maximum absolute atomic E-state index is 5.56. The molecule has 0 saturated carbocycles. The molecule has 0 aliphatic rings. The third-order valence-electron chi connectivity index (χ3n) is 2.46. The van der Waals surface area contributed by atoms with Gasteiger partial charge in [-0.25, -0.2) is 0 Å². The standard InChI is InChI=1S/C11H24NO.Li/c1-6-8-13-9-7-12(10(2)3)11(4)5;/h10-11H,1,6-9H2,2-5H3;. The summed E-state index contributed by atoms with van der Waals surface area (Å²) in [4.78, 5) is 2.46. The average Bonchev–Trinajstić information content (AvgIpc) is 2.09. The Morgan fingerprint density at radius 3 is 2.07 bits per heavy atom. The van der Waals surface area contributed by atoms with Crippen LogP contribution in [0.2, 0.25) is 5.09 Å². The van der Waals surface area contributed by atoms with E-state index in [2.05, 4.69) is 50.3 Å². The minimum atomic E-state index is 0.616. The first-order valence-electron chi connectivity index (χ1n) is 5.93. The van der Waals surface area contributed by atoms with Crippen LogP contribution in [-0.2, 0) is 4.74 Å². The summed E-state index contributed by atoms with van der Waals surface area (Å²) in [6.45, 7) is 11.8. The van der Waals surface area contributed by atoms with Crippen LogP contribution in [0.15, 0.2) is 0 Å². The molecule has 0 aromatic carbocycles. The second-order valence-electron chi connectivity index (χ2n) is 4.39. The van der Waals surface area contributed by atoms with Crippen molar-refractivity contribution in [3.63, 3.8) is 0 Å². The summed E-state index contributed by atoms with van der Waals surface area (Å²) in [6.07, 6.45) is 1.18. The Morgan fingerprint density at radius 1 is 1.07 bits per heavy atom. The van der Waals surface area contributed by atoms with Crippen LogP contribution in [0.3, 0.4) is 0 Å². The van der Waals surface area contributed by atoms with Crippen LogP contribution in [0, 0.1) is 0 Å². The van der Waals surface area contributed by atoms with Crippen molar-refractivity contribution in [3.8, 4) is 0 Å². The minimum absolute atomic E-state index is 0.616. The normalized spacial score (nSPS) is 12.1. The van der Waals surface area contributed by atoms with E-state index >= 15 is 0 Å². The average molecular weight is 193 g/mol. The van der Waals surface area contributed by atoms with E-state index < -0.39 is 0 Å². The molecule has 0 heterocycles. The second kappa shape index (κ2) is 8.80. The van der Waals surface area contributed by atoms with Gasteiger partial charge in [0.25, 0.3) is 0 Å². The van der Waals surface area contributed by atoms with Gasteiger partial charge in [0.1, 0.15) is 0 Å². The topological polar surface area (TPSA) is 12.5 Å². The van der Waals surface area contributed by atoms with Gasteiger partial charge in [0.15, 0.2) is 0 Å². The first-order valence-corrected chi connectivity index (χ1v) is 5.93. The molecule has 0 aliphatic carbocycles. The second-order valence-corrected chi connectivity index (χ2v) is 4.39. The molecular formula is C11H24LiNO. The Bertz CT molecular complexity index is 120. The van der Waals surface area contributed by atoms with Crippen LogP contribution in [0.5, 0.6) is 0 Å². The number of ether oxygens (including phenoxy) is 1.